The summed E-state index contributed by atoms with van der Waals surface area (Å²) in [5, 5.41) is 9.34. The molecule has 30 heavy (non-hydrogen) atoms. The zero-order valence-electron chi connectivity index (χ0n) is 17.1. The number of ether oxygens (including phenoxy) is 1. The van der Waals surface area contributed by atoms with E-state index in [1.807, 2.05) is 0 Å². The Morgan fingerprint density at radius 3 is 2.47 bits per heavy atom. The SMILES string of the molecule is CNC(=O)C(NC(=O)n1nc(-c2cc(F)c(F)cc2F)c2c1CCOC2)C(C)(C)C. The number of fused-ring (bicyclic) bond motifs is 1. The second kappa shape index (κ2) is 8.10. The maximum atomic E-state index is 14.4. The number of nitrogens with zero attached hydrogens (tertiary/aromatic N) is 2. The van der Waals surface area contributed by atoms with Crippen LogP contribution in [0.1, 0.15) is 32.0 Å². The monoisotopic (exact) mass is 424 g/mol. The lowest BCUT2D eigenvalue weighted by molar-refractivity contribution is -0.124. The Labute approximate surface area is 171 Å². The van der Waals surface area contributed by atoms with E-state index in [-0.39, 0.29) is 23.8 Å². The van der Waals surface area contributed by atoms with Crippen LogP contribution in [0.4, 0.5) is 18.0 Å². The largest absolute Gasteiger partial charge is 0.376 e. The predicted molar refractivity (Wildman–Crippen MR) is 102 cm³/mol. The maximum Gasteiger partial charge on any atom is 0.343 e. The lowest BCUT2D eigenvalue weighted by atomic mass is 9.86. The van der Waals surface area contributed by atoms with Gasteiger partial charge in [-0.3, -0.25) is 4.79 Å². The first kappa shape index (κ1) is 21.8. The van der Waals surface area contributed by atoms with Crippen LogP contribution in [0.3, 0.4) is 0 Å². The lowest BCUT2D eigenvalue weighted by Crippen LogP contribution is -2.54. The minimum Gasteiger partial charge on any atom is -0.376 e. The van der Waals surface area contributed by atoms with E-state index < -0.39 is 34.9 Å². The van der Waals surface area contributed by atoms with Crippen molar-refractivity contribution in [3.8, 4) is 11.3 Å². The van der Waals surface area contributed by atoms with Crippen molar-refractivity contribution < 1.29 is 27.5 Å². The summed E-state index contributed by atoms with van der Waals surface area (Å²) >= 11 is 0. The molecule has 1 unspecified atom stereocenters. The summed E-state index contributed by atoms with van der Waals surface area (Å²) in [5.41, 5.74) is -0.0124. The Balaban J connectivity index is 2.06. The first-order valence-corrected chi connectivity index (χ1v) is 9.40. The van der Waals surface area contributed by atoms with Gasteiger partial charge >= 0.3 is 6.03 Å². The molecule has 0 saturated heterocycles. The molecule has 0 aliphatic carbocycles. The molecule has 1 aromatic heterocycles. The second-order valence-corrected chi connectivity index (χ2v) is 8.10. The van der Waals surface area contributed by atoms with Gasteiger partial charge in [-0.1, -0.05) is 20.8 Å². The third kappa shape index (κ3) is 4.04. The van der Waals surface area contributed by atoms with Crippen LogP contribution in [0.25, 0.3) is 11.3 Å². The van der Waals surface area contributed by atoms with Crippen molar-refractivity contribution in [2.45, 2.75) is 39.8 Å². The quantitative estimate of drug-likeness (QED) is 0.742. The van der Waals surface area contributed by atoms with Crippen LogP contribution in [-0.2, 0) is 22.6 Å². The van der Waals surface area contributed by atoms with E-state index in [2.05, 4.69) is 15.7 Å². The minimum atomic E-state index is -1.32. The number of halogens is 3. The highest BCUT2D eigenvalue weighted by atomic mass is 19.2. The molecular formula is C20H23F3N4O3. The third-order valence-corrected chi connectivity index (χ3v) is 4.92. The number of hydrogen-bond acceptors (Lipinski definition) is 4. The molecule has 2 heterocycles. The van der Waals surface area contributed by atoms with Gasteiger partial charge in [-0.15, -0.1) is 0 Å². The number of nitrogens with one attached hydrogen (secondary N) is 2. The summed E-state index contributed by atoms with van der Waals surface area (Å²) < 4.78 is 47.9. The molecule has 10 heteroatoms. The van der Waals surface area contributed by atoms with Gasteiger partial charge in [0, 0.05) is 30.7 Å². The van der Waals surface area contributed by atoms with Crippen molar-refractivity contribution in [1.29, 1.82) is 0 Å². The molecule has 1 atom stereocenters. The number of aromatic nitrogens is 2. The molecule has 1 aliphatic heterocycles. The smallest absolute Gasteiger partial charge is 0.343 e. The number of rotatable bonds is 3. The zero-order valence-corrected chi connectivity index (χ0v) is 17.1. The van der Waals surface area contributed by atoms with Gasteiger partial charge in [-0.2, -0.15) is 9.78 Å². The summed E-state index contributed by atoms with van der Waals surface area (Å²) in [6.07, 6.45) is 0.307. The molecule has 0 spiro atoms. The molecule has 0 radical (unpaired) electrons. The predicted octanol–water partition coefficient (Wildman–Crippen LogP) is 2.76. The van der Waals surface area contributed by atoms with Crippen LogP contribution < -0.4 is 10.6 Å². The van der Waals surface area contributed by atoms with Crippen LogP contribution in [0, 0.1) is 22.9 Å². The molecule has 0 fully saturated rings. The molecule has 2 N–H and O–H groups in total. The molecule has 0 saturated carbocycles. The standard InChI is InChI=1S/C20H23F3N4O3/c1-20(2,3)17(18(28)24-4)25-19(29)27-15-5-6-30-9-11(15)16(26-27)10-7-13(22)14(23)8-12(10)21/h7-8,17H,5-6,9H2,1-4H3,(H,24,28)(H,25,29). The maximum absolute atomic E-state index is 14.4. The molecule has 1 aromatic carbocycles. The molecule has 0 bridgehead atoms. The van der Waals surface area contributed by atoms with Crippen molar-refractivity contribution in [1.82, 2.24) is 20.4 Å². The van der Waals surface area contributed by atoms with E-state index in [4.69, 9.17) is 4.74 Å². The summed E-state index contributed by atoms with van der Waals surface area (Å²) in [4.78, 5) is 25.2. The van der Waals surface area contributed by atoms with Gasteiger partial charge in [0.2, 0.25) is 5.91 Å². The van der Waals surface area contributed by atoms with Crippen molar-refractivity contribution in [2.75, 3.05) is 13.7 Å². The Kier molecular flexibility index (Phi) is 5.89. The highest BCUT2D eigenvalue weighted by Crippen LogP contribution is 2.32. The molecule has 162 valence electrons. The molecule has 2 amide bonds. The highest BCUT2D eigenvalue weighted by molar-refractivity contribution is 5.88. The number of carbonyl (C=O) groups excluding carboxylic acids is 2. The zero-order chi connectivity index (χ0) is 22.2. The average molecular weight is 424 g/mol. The summed E-state index contributed by atoms with van der Waals surface area (Å²) in [5.74, 6) is -3.95. The van der Waals surface area contributed by atoms with Crippen molar-refractivity contribution in [3.63, 3.8) is 0 Å². The normalized spacial score (nSPS) is 14.8. The first-order chi connectivity index (χ1) is 14.0. The average Bonchev–Trinajstić information content (AvgIpc) is 3.07. The van der Waals surface area contributed by atoms with Crippen molar-refractivity contribution in [2.24, 2.45) is 5.41 Å². The third-order valence-electron chi connectivity index (χ3n) is 4.92. The van der Waals surface area contributed by atoms with Crippen LogP contribution in [0.15, 0.2) is 12.1 Å². The van der Waals surface area contributed by atoms with Crippen LogP contribution in [-0.4, -0.2) is 41.4 Å². The van der Waals surface area contributed by atoms with E-state index in [1.165, 1.54) is 7.05 Å². The highest BCUT2D eigenvalue weighted by Gasteiger charge is 2.34. The fourth-order valence-corrected chi connectivity index (χ4v) is 3.33. The van der Waals surface area contributed by atoms with Crippen LogP contribution >= 0.6 is 0 Å². The van der Waals surface area contributed by atoms with Gasteiger partial charge in [0.1, 0.15) is 17.6 Å². The van der Waals surface area contributed by atoms with E-state index >= 15 is 0 Å². The molecule has 2 aromatic rings. The summed E-state index contributed by atoms with van der Waals surface area (Å²) in [7, 11) is 1.46. The van der Waals surface area contributed by atoms with Crippen LogP contribution in [0.2, 0.25) is 0 Å². The second-order valence-electron chi connectivity index (χ2n) is 8.10. The molecule has 3 rings (SSSR count). The lowest BCUT2D eigenvalue weighted by Gasteiger charge is -2.29. The fraction of sp³-hybridized carbons (Fsp3) is 0.450. The number of benzene rings is 1. The van der Waals surface area contributed by atoms with Gasteiger partial charge in [0.15, 0.2) is 11.6 Å². The van der Waals surface area contributed by atoms with Gasteiger partial charge in [-0.25, -0.2) is 18.0 Å². The van der Waals surface area contributed by atoms with Gasteiger partial charge in [0.05, 0.1) is 18.9 Å². The van der Waals surface area contributed by atoms with Gasteiger partial charge in [-0.05, 0) is 11.5 Å². The Hall–Kier alpha value is -2.88. The van der Waals surface area contributed by atoms with Gasteiger partial charge in [0.25, 0.3) is 0 Å². The Morgan fingerprint density at radius 1 is 1.17 bits per heavy atom. The van der Waals surface area contributed by atoms with E-state index in [0.29, 0.717) is 36.4 Å². The molecular weight excluding hydrogens is 401 g/mol. The fourth-order valence-electron chi connectivity index (χ4n) is 3.33. The molecule has 1 aliphatic rings. The first-order valence-electron chi connectivity index (χ1n) is 9.40. The number of likely N-dealkylation sites (N-methyl/N-ethyl adjacent to an activating group) is 1. The van der Waals surface area contributed by atoms with E-state index in [1.54, 1.807) is 20.8 Å². The van der Waals surface area contributed by atoms with Crippen molar-refractivity contribution in [3.05, 3.63) is 40.8 Å². The number of carbonyl (C=O) groups is 2. The van der Waals surface area contributed by atoms with Gasteiger partial charge < -0.3 is 15.4 Å². The molecule has 7 nitrogen and oxygen atoms in total. The Morgan fingerprint density at radius 2 is 1.83 bits per heavy atom. The van der Waals surface area contributed by atoms with E-state index in [0.717, 1.165) is 4.68 Å². The van der Waals surface area contributed by atoms with Crippen LogP contribution in [0.5, 0.6) is 0 Å². The number of amides is 2. The topological polar surface area (TPSA) is 85.3 Å². The minimum absolute atomic E-state index is 0.0106. The summed E-state index contributed by atoms with van der Waals surface area (Å²) in [6, 6.07) is -0.419. The number of hydrogen-bond donors (Lipinski definition) is 2. The summed E-state index contributed by atoms with van der Waals surface area (Å²) in [6.45, 7) is 5.73. The van der Waals surface area contributed by atoms with E-state index in [9.17, 15) is 22.8 Å². The van der Waals surface area contributed by atoms with Crippen molar-refractivity contribution >= 4 is 11.9 Å². The Bertz CT molecular complexity index is 998.